The first-order chi connectivity index (χ1) is 6.83. The molecule has 0 aliphatic heterocycles. The Labute approximate surface area is 82.8 Å². The molecule has 0 saturated carbocycles. The zero-order chi connectivity index (χ0) is 10.2. The van der Waals surface area contributed by atoms with E-state index >= 15 is 0 Å². The molecule has 1 aromatic rings. The van der Waals surface area contributed by atoms with Gasteiger partial charge in [-0.15, -0.1) is 0 Å². The van der Waals surface area contributed by atoms with Gasteiger partial charge in [-0.25, -0.2) is 0 Å². The van der Waals surface area contributed by atoms with Crippen molar-refractivity contribution in [3.05, 3.63) is 30.3 Å². The molecular formula is C10H13NO3. The molecule has 0 fully saturated rings. The fraction of sp³-hybridized carbons (Fsp3) is 0.300. The molecule has 0 saturated heterocycles. The van der Waals surface area contributed by atoms with Crippen LogP contribution in [0, 0.1) is 0 Å². The molecule has 0 unspecified atom stereocenters. The number of para-hydroxylation sites is 1. The van der Waals surface area contributed by atoms with E-state index in [1.54, 1.807) is 0 Å². The third kappa shape index (κ3) is 3.91. The van der Waals surface area contributed by atoms with E-state index in [0.29, 0.717) is 13.0 Å². The number of hydrogen-bond donors (Lipinski definition) is 1. The highest BCUT2D eigenvalue weighted by Crippen LogP contribution is 2.06. The Morgan fingerprint density at radius 1 is 1.36 bits per heavy atom. The van der Waals surface area contributed by atoms with Crippen molar-refractivity contribution in [3.8, 4) is 5.75 Å². The molecule has 14 heavy (non-hydrogen) atoms. The van der Waals surface area contributed by atoms with Crippen molar-refractivity contribution >= 4 is 5.97 Å². The quantitative estimate of drug-likeness (QED) is 0.434. The molecule has 0 heterocycles. The Bertz CT molecular complexity index is 274. The summed E-state index contributed by atoms with van der Waals surface area (Å²) in [6.07, 6.45) is 0.295. The topological polar surface area (TPSA) is 47.6 Å². The van der Waals surface area contributed by atoms with E-state index in [9.17, 15) is 4.79 Å². The zero-order valence-corrected chi connectivity index (χ0v) is 8.03. The lowest BCUT2D eigenvalue weighted by Crippen LogP contribution is -2.22. The van der Waals surface area contributed by atoms with Crippen LogP contribution < -0.4 is 10.3 Å². The van der Waals surface area contributed by atoms with Gasteiger partial charge in [-0.1, -0.05) is 18.2 Å². The van der Waals surface area contributed by atoms with Gasteiger partial charge in [0.2, 0.25) is 0 Å². The SMILES string of the molecule is COC(=O)CCNOc1ccccc1. The molecule has 0 atom stereocenters. The highest BCUT2D eigenvalue weighted by molar-refractivity contribution is 5.69. The summed E-state index contributed by atoms with van der Waals surface area (Å²) in [4.78, 5) is 15.8. The number of carbonyl (C=O) groups excluding carboxylic acids is 1. The maximum Gasteiger partial charge on any atom is 0.306 e. The number of hydrogen-bond acceptors (Lipinski definition) is 4. The van der Waals surface area contributed by atoms with E-state index in [1.807, 2.05) is 30.3 Å². The molecular weight excluding hydrogens is 182 g/mol. The Morgan fingerprint density at radius 2 is 2.07 bits per heavy atom. The first kappa shape index (κ1) is 10.5. The van der Waals surface area contributed by atoms with Crippen molar-refractivity contribution in [1.29, 1.82) is 0 Å². The second kappa shape index (κ2) is 5.99. The van der Waals surface area contributed by atoms with Crippen molar-refractivity contribution in [3.63, 3.8) is 0 Å². The van der Waals surface area contributed by atoms with Crippen LogP contribution >= 0.6 is 0 Å². The Balaban J connectivity index is 2.13. The van der Waals surface area contributed by atoms with Crippen molar-refractivity contribution in [2.45, 2.75) is 6.42 Å². The third-order valence-corrected chi connectivity index (χ3v) is 1.59. The molecule has 0 amide bonds. The van der Waals surface area contributed by atoms with Gasteiger partial charge in [-0.2, -0.15) is 5.48 Å². The third-order valence-electron chi connectivity index (χ3n) is 1.59. The molecule has 1 rings (SSSR count). The molecule has 4 nitrogen and oxygen atoms in total. The van der Waals surface area contributed by atoms with E-state index < -0.39 is 0 Å². The Morgan fingerprint density at radius 3 is 2.71 bits per heavy atom. The van der Waals surface area contributed by atoms with Crippen molar-refractivity contribution in [2.24, 2.45) is 0 Å². The van der Waals surface area contributed by atoms with E-state index in [1.165, 1.54) is 7.11 Å². The highest BCUT2D eigenvalue weighted by Gasteiger charge is 1.98. The highest BCUT2D eigenvalue weighted by atomic mass is 16.6. The number of esters is 1. The predicted octanol–water partition coefficient (Wildman–Crippen LogP) is 1.13. The summed E-state index contributed by atoms with van der Waals surface area (Å²) in [7, 11) is 1.36. The second-order valence-corrected chi connectivity index (χ2v) is 2.64. The smallest absolute Gasteiger partial charge is 0.306 e. The van der Waals surface area contributed by atoms with Gasteiger partial charge in [-0.05, 0) is 12.1 Å². The lowest BCUT2D eigenvalue weighted by Gasteiger charge is -2.05. The summed E-state index contributed by atoms with van der Waals surface area (Å²) in [6.45, 7) is 0.432. The number of nitrogens with one attached hydrogen (secondary N) is 1. The van der Waals surface area contributed by atoms with Gasteiger partial charge < -0.3 is 9.57 Å². The molecule has 0 aliphatic carbocycles. The van der Waals surface area contributed by atoms with Crippen LogP contribution in [0.15, 0.2) is 30.3 Å². The molecule has 0 aliphatic rings. The van der Waals surface area contributed by atoms with Crippen LogP contribution in [0.4, 0.5) is 0 Å². The normalized spacial score (nSPS) is 9.50. The van der Waals surface area contributed by atoms with Crippen LogP contribution in [0.1, 0.15) is 6.42 Å². The molecule has 4 heteroatoms. The van der Waals surface area contributed by atoms with Gasteiger partial charge >= 0.3 is 5.97 Å². The van der Waals surface area contributed by atoms with E-state index in [4.69, 9.17) is 4.84 Å². The molecule has 76 valence electrons. The van der Waals surface area contributed by atoms with E-state index in [2.05, 4.69) is 10.2 Å². The van der Waals surface area contributed by atoms with E-state index in [-0.39, 0.29) is 5.97 Å². The molecule has 1 aromatic carbocycles. The van der Waals surface area contributed by atoms with Crippen molar-refractivity contribution in [1.82, 2.24) is 5.48 Å². The van der Waals surface area contributed by atoms with Crippen LogP contribution in [0.2, 0.25) is 0 Å². The zero-order valence-electron chi connectivity index (χ0n) is 8.03. The van der Waals surface area contributed by atoms with Crippen LogP contribution in [-0.4, -0.2) is 19.6 Å². The summed E-state index contributed by atoms with van der Waals surface area (Å²) >= 11 is 0. The Hall–Kier alpha value is -1.55. The van der Waals surface area contributed by atoms with Gasteiger partial charge in [0.05, 0.1) is 13.5 Å². The van der Waals surface area contributed by atoms with Crippen LogP contribution in [-0.2, 0) is 9.53 Å². The monoisotopic (exact) mass is 195 g/mol. The minimum absolute atomic E-state index is 0.255. The molecule has 0 radical (unpaired) electrons. The van der Waals surface area contributed by atoms with Crippen molar-refractivity contribution < 1.29 is 14.4 Å². The molecule has 0 bridgehead atoms. The van der Waals surface area contributed by atoms with Crippen molar-refractivity contribution in [2.75, 3.05) is 13.7 Å². The standard InChI is InChI=1S/C10H13NO3/c1-13-10(12)7-8-11-14-9-5-3-2-4-6-9/h2-6,11H,7-8H2,1H3. The second-order valence-electron chi connectivity index (χ2n) is 2.64. The summed E-state index contributed by atoms with van der Waals surface area (Å²) < 4.78 is 4.47. The van der Waals surface area contributed by atoms with Crippen LogP contribution in [0.5, 0.6) is 5.75 Å². The number of methoxy groups -OCH3 is 1. The minimum atomic E-state index is -0.255. The molecule has 0 spiro atoms. The maximum atomic E-state index is 10.7. The number of benzene rings is 1. The number of ether oxygens (including phenoxy) is 1. The largest absolute Gasteiger partial charge is 0.469 e. The Kier molecular flexibility index (Phi) is 4.50. The van der Waals surface area contributed by atoms with Crippen LogP contribution in [0.25, 0.3) is 0 Å². The fourth-order valence-corrected chi connectivity index (χ4v) is 0.878. The maximum absolute atomic E-state index is 10.7. The molecule has 0 aromatic heterocycles. The average Bonchev–Trinajstić information content (AvgIpc) is 2.25. The molecule has 1 N–H and O–H groups in total. The summed E-state index contributed by atoms with van der Waals surface area (Å²) in [5, 5.41) is 0. The van der Waals surface area contributed by atoms with Gasteiger partial charge in [-0.3, -0.25) is 4.79 Å². The summed E-state index contributed by atoms with van der Waals surface area (Å²) in [5.74, 6) is 0.464. The fourth-order valence-electron chi connectivity index (χ4n) is 0.878. The van der Waals surface area contributed by atoms with Gasteiger partial charge in [0.15, 0.2) is 0 Å². The average molecular weight is 195 g/mol. The van der Waals surface area contributed by atoms with E-state index in [0.717, 1.165) is 5.75 Å². The first-order valence-electron chi connectivity index (χ1n) is 4.34. The minimum Gasteiger partial charge on any atom is -0.469 e. The van der Waals surface area contributed by atoms with Gasteiger partial charge in [0, 0.05) is 6.54 Å². The van der Waals surface area contributed by atoms with Gasteiger partial charge in [0.25, 0.3) is 0 Å². The number of hydroxylamine groups is 1. The first-order valence-corrected chi connectivity index (χ1v) is 4.34. The van der Waals surface area contributed by atoms with Gasteiger partial charge in [0.1, 0.15) is 5.75 Å². The predicted molar refractivity (Wildman–Crippen MR) is 51.7 cm³/mol. The number of carbonyl (C=O) groups is 1. The summed E-state index contributed by atoms with van der Waals surface area (Å²) in [5.41, 5.74) is 2.67. The lowest BCUT2D eigenvalue weighted by molar-refractivity contribution is -0.140. The van der Waals surface area contributed by atoms with Crippen LogP contribution in [0.3, 0.4) is 0 Å². The summed E-state index contributed by atoms with van der Waals surface area (Å²) in [6, 6.07) is 9.30. The number of rotatable bonds is 5. The lowest BCUT2D eigenvalue weighted by atomic mass is 10.3.